The largest absolute Gasteiger partial charge is 0.353 e. The van der Waals surface area contributed by atoms with E-state index < -0.39 is 0 Å². The van der Waals surface area contributed by atoms with Crippen LogP contribution in [0, 0.1) is 0 Å². The summed E-state index contributed by atoms with van der Waals surface area (Å²) in [6.07, 6.45) is 1.83. The van der Waals surface area contributed by atoms with E-state index in [2.05, 4.69) is 20.2 Å². The predicted octanol–water partition coefficient (Wildman–Crippen LogP) is 2.90. The molecule has 0 saturated carbocycles. The highest BCUT2D eigenvalue weighted by Crippen LogP contribution is 2.15. The summed E-state index contributed by atoms with van der Waals surface area (Å²) in [5.74, 6) is 1.03. The predicted molar refractivity (Wildman–Crippen MR) is 79.0 cm³/mol. The average molecular weight is 267 g/mol. The number of pyridine rings is 1. The van der Waals surface area contributed by atoms with Crippen LogP contribution in [-0.4, -0.2) is 36.2 Å². The van der Waals surface area contributed by atoms with Crippen LogP contribution in [0.2, 0.25) is 0 Å². The third-order valence-corrected chi connectivity index (χ3v) is 3.27. The zero-order valence-electron chi connectivity index (χ0n) is 11.3. The number of anilines is 1. The number of nitrogens with zero attached hydrogens (tertiary/aromatic N) is 5. The zero-order chi connectivity index (χ0) is 13.6. The van der Waals surface area contributed by atoms with Gasteiger partial charge in [-0.3, -0.25) is 5.01 Å². The normalized spacial score (nSPS) is 15.8. The molecule has 1 saturated heterocycles. The molecule has 1 aliphatic rings. The lowest BCUT2D eigenvalue weighted by Gasteiger charge is -2.32. The molecule has 1 fully saturated rings. The third kappa shape index (κ3) is 3.12. The van der Waals surface area contributed by atoms with Gasteiger partial charge in [-0.15, -0.1) is 5.11 Å². The first kappa shape index (κ1) is 12.6. The van der Waals surface area contributed by atoms with Crippen molar-refractivity contribution in [1.29, 1.82) is 0 Å². The molecule has 0 amide bonds. The van der Waals surface area contributed by atoms with Crippen LogP contribution in [0.25, 0.3) is 0 Å². The van der Waals surface area contributed by atoms with Crippen molar-refractivity contribution in [1.82, 2.24) is 9.99 Å². The highest BCUT2D eigenvalue weighted by molar-refractivity contribution is 5.38. The molecule has 0 spiro atoms. The molecule has 0 N–H and O–H groups in total. The average Bonchev–Trinajstić information content (AvgIpc) is 2.55. The van der Waals surface area contributed by atoms with E-state index in [0.29, 0.717) is 0 Å². The van der Waals surface area contributed by atoms with Gasteiger partial charge in [0.05, 0.1) is 18.8 Å². The summed E-state index contributed by atoms with van der Waals surface area (Å²) >= 11 is 0. The molecule has 1 aromatic heterocycles. The number of hydrogen-bond acceptors (Lipinski definition) is 4. The molecular formula is C15H17N5. The lowest BCUT2D eigenvalue weighted by Crippen LogP contribution is -2.44. The summed E-state index contributed by atoms with van der Waals surface area (Å²) in [5, 5.41) is 10.5. The molecule has 3 rings (SSSR count). The van der Waals surface area contributed by atoms with Crippen LogP contribution in [0.5, 0.6) is 0 Å². The van der Waals surface area contributed by atoms with Crippen molar-refractivity contribution >= 4 is 11.5 Å². The fraction of sp³-hybridized carbons (Fsp3) is 0.267. The number of aromatic nitrogens is 1. The summed E-state index contributed by atoms with van der Waals surface area (Å²) in [6.45, 7) is 3.58. The van der Waals surface area contributed by atoms with Gasteiger partial charge >= 0.3 is 0 Å². The van der Waals surface area contributed by atoms with E-state index in [4.69, 9.17) is 0 Å². The molecule has 20 heavy (non-hydrogen) atoms. The molecule has 1 aromatic carbocycles. The first-order valence-corrected chi connectivity index (χ1v) is 6.79. The van der Waals surface area contributed by atoms with Crippen molar-refractivity contribution in [2.45, 2.75) is 0 Å². The standard InChI is InChI=1S/C15H17N5/c1-2-6-14(7-3-1)17-18-20-12-10-19(11-13-20)15-8-4-5-9-16-15/h1-9H,10-13H2. The maximum Gasteiger partial charge on any atom is 0.128 e. The molecule has 2 heterocycles. The molecule has 5 heteroatoms. The van der Waals surface area contributed by atoms with Crippen molar-refractivity contribution in [3.63, 3.8) is 0 Å². The molecule has 0 bridgehead atoms. The van der Waals surface area contributed by atoms with Gasteiger partial charge in [0.15, 0.2) is 0 Å². The molecular weight excluding hydrogens is 250 g/mol. The van der Waals surface area contributed by atoms with Gasteiger partial charge in [-0.05, 0) is 24.3 Å². The summed E-state index contributed by atoms with van der Waals surface area (Å²) < 4.78 is 0. The smallest absolute Gasteiger partial charge is 0.128 e. The Morgan fingerprint density at radius 2 is 1.60 bits per heavy atom. The van der Waals surface area contributed by atoms with Crippen LogP contribution in [0.1, 0.15) is 0 Å². The van der Waals surface area contributed by atoms with Gasteiger partial charge in [-0.2, -0.15) is 0 Å². The SMILES string of the molecule is c1ccc(N=NN2CCN(c3ccccn3)CC2)cc1. The Labute approximate surface area is 118 Å². The molecule has 0 radical (unpaired) electrons. The van der Waals surface area contributed by atoms with Crippen LogP contribution < -0.4 is 4.90 Å². The Morgan fingerprint density at radius 3 is 2.30 bits per heavy atom. The fourth-order valence-corrected chi connectivity index (χ4v) is 2.16. The van der Waals surface area contributed by atoms with E-state index in [0.717, 1.165) is 37.7 Å². The maximum absolute atomic E-state index is 4.37. The third-order valence-electron chi connectivity index (χ3n) is 3.27. The van der Waals surface area contributed by atoms with Crippen molar-refractivity contribution in [3.8, 4) is 0 Å². The first-order chi connectivity index (χ1) is 9.92. The Hall–Kier alpha value is -2.43. The second kappa shape index (κ2) is 6.14. The van der Waals surface area contributed by atoms with Crippen LogP contribution in [0.15, 0.2) is 65.1 Å². The van der Waals surface area contributed by atoms with E-state index in [1.807, 2.05) is 59.7 Å². The van der Waals surface area contributed by atoms with Gasteiger partial charge in [-0.1, -0.05) is 29.5 Å². The molecule has 2 aromatic rings. The van der Waals surface area contributed by atoms with E-state index in [9.17, 15) is 0 Å². The summed E-state index contributed by atoms with van der Waals surface area (Å²) in [4.78, 5) is 6.65. The maximum atomic E-state index is 4.37. The van der Waals surface area contributed by atoms with E-state index in [1.54, 1.807) is 0 Å². The van der Waals surface area contributed by atoms with Gasteiger partial charge in [-0.25, -0.2) is 4.98 Å². The minimum Gasteiger partial charge on any atom is -0.353 e. The molecule has 0 atom stereocenters. The van der Waals surface area contributed by atoms with Gasteiger partial charge in [0.2, 0.25) is 0 Å². The second-order valence-electron chi connectivity index (χ2n) is 4.65. The minimum absolute atomic E-state index is 0.868. The van der Waals surface area contributed by atoms with Crippen molar-refractivity contribution in [2.75, 3.05) is 31.1 Å². The highest BCUT2D eigenvalue weighted by atomic mass is 15.6. The monoisotopic (exact) mass is 267 g/mol. The van der Waals surface area contributed by atoms with E-state index in [1.165, 1.54) is 0 Å². The van der Waals surface area contributed by atoms with Crippen LogP contribution >= 0.6 is 0 Å². The summed E-state index contributed by atoms with van der Waals surface area (Å²) in [7, 11) is 0. The molecule has 102 valence electrons. The Balaban J connectivity index is 1.55. The fourth-order valence-electron chi connectivity index (χ4n) is 2.16. The molecule has 0 unspecified atom stereocenters. The minimum atomic E-state index is 0.868. The van der Waals surface area contributed by atoms with Crippen LogP contribution in [0.3, 0.4) is 0 Å². The Morgan fingerprint density at radius 1 is 0.850 bits per heavy atom. The van der Waals surface area contributed by atoms with Crippen LogP contribution in [-0.2, 0) is 0 Å². The Bertz CT molecular complexity index is 547. The number of hydrogen-bond donors (Lipinski definition) is 0. The molecule has 0 aliphatic carbocycles. The van der Waals surface area contributed by atoms with Crippen molar-refractivity contribution in [3.05, 3.63) is 54.7 Å². The summed E-state index contributed by atoms with van der Waals surface area (Å²) in [6, 6.07) is 15.8. The lowest BCUT2D eigenvalue weighted by atomic mass is 10.3. The Kier molecular flexibility index (Phi) is 3.87. The van der Waals surface area contributed by atoms with Gasteiger partial charge < -0.3 is 4.90 Å². The van der Waals surface area contributed by atoms with Gasteiger partial charge in [0, 0.05) is 19.3 Å². The van der Waals surface area contributed by atoms with Crippen LogP contribution in [0.4, 0.5) is 11.5 Å². The molecule has 1 aliphatic heterocycles. The topological polar surface area (TPSA) is 44.1 Å². The lowest BCUT2D eigenvalue weighted by molar-refractivity contribution is 0.253. The molecule has 5 nitrogen and oxygen atoms in total. The number of rotatable bonds is 3. The highest BCUT2D eigenvalue weighted by Gasteiger charge is 2.16. The van der Waals surface area contributed by atoms with E-state index in [-0.39, 0.29) is 0 Å². The van der Waals surface area contributed by atoms with E-state index >= 15 is 0 Å². The number of piperazine rings is 1. The summed E-state index contributed by atoms with van der Waals surface area (Å²) in [5.41, 5.74) is 0.889. The quantitative estimate of drug-likeness (QED) is 0.803. The first-order valence-electron chi connectivity index (χ1n) is 6.79. The zero-order valence-corrected chi connectivity index (χ0v) is 11.3. The van der Waals surface area contributed by atoms with Crippen molar-refractivity contribution in [2.24, 2.45) is 10.3 Å². The van der Waals surface area contributed by atoms with Gasteiger partial charge in [0.25, 0.3) is 0 Å². The number of benzene rings is 1. The second-order valence-corrected chi connectivity index (χ2v) is 4.65. The van der Waals surface area contributed by atoms with Gasteiger partial charge in [0.1, 0.15) is 5.82 Å². The van der Waals surface area contributed by atoms with Crippen molar-refractivity contribution < 1.29 is 0 Å².